The summed E-state index contributed by atoms with van der Waals surface area (Å²) < 4.78 is 58.4. The molecule has 1 amide bonds. The number of carbonyl (C=O) groups excluding carboxylic acids is 1. The summed E-state index contributed by atoms with van der Waals surface area (Å²) in [5, 5.41) is 1.83. The zero-order valence-corrected chi connectivity index (χ0v) is 22.6. The number of halogens is 2. The second kappa shape index (κ2) is 11.6. The number of hydrazine groups is 1. The van der Waals surface area contributed by atoms with Gasteiger partial charge in [0.15, 0.2) is 11.4 Å². The number of morpholine rings is 1. The molecular weight excluding hydrogens is 510 g/mol. The number of fused-ring (bicyclic) bond motifs is 1. The van der Waals surface area contributed by atoms with Gasteiger partial charge in [0.25, 0.3) is 5.91 Å². The van der Waals surface area contributed by atoms with Crippen LogP contribution in [0.3, 0.4) is 0 Å². The highest BCUT2D eigenvalue weighted by molar-refractivity contribution is 5.85. The fourth-order valence-corrected chi connectivity index (χ4v) is 5.49. The standard InChI is InChI=1S/C29H36F2N2O6/c1-19-5-4-6-20(13-19)17-37-29(27(34)32-33-9-11-35-12-10-33)15-24(26-25(16-29)38-28(2,3)39-26)36-18-21-7-8-22(30)14-23(21)31/h4-8,13-14,24-26H,9-12,15-18H2,1-3H3,(H,32,34)/t24-,25-,26+,29-/m1/s1. The van der Waals surface area contributed by atoms with Gasteiger partial charge >= 0.3 is 0 Å². The SMILES string of the molecule is Cc1cccc(CO[C@]2(C(=O)NN3CCOCC3)C[C@@H](OCc3ccc(F)cc3F)[C@@H]3OC(C)(C)O[C@@H]3C2)c1. The number of ether oxygens (including phenoxy) is 5. The first-order chi connectivity index (χ1) is 18.6. The Kier molecular flexibility index (Phi) is 8.32. The number of hydrogen-bond donors (Lipinski definition) is 1. The van der Waals surface area contributed by atoms with Gasteiger partial charge in [-0.2, -0.15) is 0 Å². The highest BCUT2D eigenvalue weighted by atomic mass is 19.1. The lowest BCUT2D eigenvalue weighted by atomic mass is 9.78. The van der Waals surface area contributed by atoms with E-state index in [1.165, 1.54) is 12.1 Å². The third-order valence-corrected chi connectivity index (χ3v) is 7.40. The molecule has 39 heavy (non-hydrogen) atoms. The maximum Gasteiger partial charge on any atom is 0.266 e. The predicted molar refractivity (Wildman–Crippen MR) is 137 cm³/mol. The van der Waals surface area contributed by atoms with Gasteiger partial charge < -0.3 is 23.7 Å². The summed E-state index contributed by atoms with van der Waals surface area (Å²) in [6, 6.07) is 11.3. The van der Waals surface area contributed by atoms with Crippen LogP contribution in [-0.2, 0) is 41.7 Å². The van der Waals surface area contributed by atoms with Crippen molar-refractivity contribution in [2.75, 3.05) is 26.3 Å². The van der Waals surface area contributed by atoms with E-state index in [2.05, 4.69) is 5.43 Å². The second-order valence-electron chi connectivity index (χ2n) is 10.9. The van der Waals surface area contributed by atoms with E-state index in [-0.39, 0.29) is 37.5 Å². The summed E-state index contributed by atoms with van der Waals surface area (Å²) >= 11 is 0. The molecule has 0 unspecified atom stereocenters. The van der Waals surface area contributed by atoms with Gasteiger partial charge in [0.2, 0.25) is 0 Å². The molecule has 2 aliphatic heterocycles. The van der Waals surface area contributed by atoms with Crippen LogP contribution in [-0.4, -0.2) is 66.9 Å². The predicted octanol–water partition coefficient (Wildman–Crippen LogP) is 3.79. The maximum absolute atomic E-state index is 14.4. The summed E-state index contributed by atoms with van der Waals surface area (Å²) in [4.78, 5) is 14.0. The number of hydrogen-bond acceptors (Lipinski definition) is 7. The molecule has 4 atom stereocenters. The number of benzene rings is 2. The van der Waals surface area contributed by atoms with Gasteiger partial charge in [-0.3, -0.25) is 10.2 Å². The van der Waals surface area contributed by atoms with Crippen molar-refractivity contribution in [3.63, 3.8) is 0 Å². The molecule has 0 aromatic heterocycles. The first-order valence-electron chi connectivity index (χ1n) is 13.4. The van der Waals surface area contributed by atoms with E-state index in [0.717, 1.165) is 17.2 Å². The molecule has 1 N–H and O–H groups in total. The van der Waals surface area contributed by atoms with Crippen molar-refractivity contribution in [3.05, 3.63) is 70.8 Å². The van der Waals surface area contributed by atoms with Gasteiger partial charge in [-0.1, -0.05) is 35.9 Å². The first kappa shape index (κ1) is 28.1. The average molecular weight is 547 g/mol. The monoisotopic (exact) mass is 546 g/mol. The Bertz CT molecular complexity index is 1170. The van der Waals surface area contributed by atoms with Crippen LogP contribution in [0, 0.1) is 18.6 Å². The van der Waals surface area contributed by atoms with Crippen molar-refractivity contribution in [3.8, 4) is 0 Å². The summed E-state index contributed by atoms with van der Waals surface area (Å²) in [5.74, 6) is -2.55. The van der Waals surface area contributed by atoms with Gasteiger partial charge in [0.1, 0.15) is 17.7 Å². The molecule has 2 saturated heterocycles. The summed E-state index contributed by atoms with van der Waals surface area (Å²) in [7, 11) is 0. The molecule has 0 spiro atoms. The Morgan fingerprint density at radius 2 is 1.87 bits per heavy atom. The lowest BCUT2D eigenvalue weighted by Crippen LogP contribution is -2.63. The molecule has 0 bridgehead atoms. The third-order valence-electron chi connectivity index (χ3n) is 7.40. The van der Waals surface area contributed by atoms with E-state index in [1.807, 2.05) is 50.0 Å². The molecular formula is C29H36F2N2O6. The van der Waals surface area contributed by atoms with Gasteiger partial charge in [-0.05, 0) is 32.4 Å². The molecule has 2 aromatic carbocycles. The summed E-state index contributed by atoms with van der Waals surface area (Å²) in [5.41, 5.74) is 3.95. The first-order valence-corrected chi connectivity index (χ1v) is 13.4. The quantitative estimate of drug-likeness (QED) is 0.540. The van der Waals surface area contributed by atoms with E-state index in [4.69, 9.17) is 23.7 Å². The highest BCUT2D eigenvalue weighted by Crippen LogP contribution is 2.44. The molecule has 10 heteroatoms. The van der Waals surface area contributed by atoms with Crippen molar-refractivity contribution in [2.45, 2.75) is 76.5 Å². The Morgan fingerprint density at radius 1 is 1.08 bits per heavy atom. The average Bonchev–Trinajstić information content (AvgIpc) is 3.21. The second-order valence-corrected chi connectivity index (χ2v) is 10.9. The van der Waals surface area contributed by atoms with Gasteiger partial charge in [0, 0.05) is 37.6 Å². The fourth-order valence-electron chi connectivity index (χ4n) is 5.49. The zero-order valence-electron chi connectivity index (χ0n) is 22.6. The molecule has 1 saturated carbocycles. The van der Waals surface area contributed by atoms with Crippen LogP contribution < -0.4 is 5.43 Å². The van der Waals surface area contributed by atoms with E-state index in [1.54, 1.807) is 0 Å². The van der Waals surface area contributed by atoms with Gasteiger partial charge in [-0.25, -0.2) is 13.8 Å². The number of amides is 1. The number of carbonyl (C=O) groups is 1. The maximum atomic E-state index is 14.4. The van der Waals surface area contributed by atoms with E-state index in [0.29, 0.717) is 26.3 Å². The van der Waals surface area contributed by atoms with E-state index < -0.39 is 41.3 Å². The van der Waals surface area contributed by atoms with Crippen LogP contribution in [0.5, 0.6) is 0 Å². The topological polar surface area (TPSA) is 78.5 Å². The van der Waals surface area contributed by atoms with Crippen LogP contribution in [0.25, 0.3) is 0 Å². The Hall–Kier alpha value is -2.47. The van der Waals surface area contributed by atoms with Crippen molar-refractivity contribution in [1.82, 2.24) is 10.4 Å². The smallest absolute Gasteiger partial charge is 0.266 e. The molecule has 5 rings (SSSR count). The normalized spacial score (nSPS) is 28.7. The number of rotatable bonds is 8. The molecule has 3 fully saturated rings. The highest BCUT2D eigenvalue weighted by Gasteiger charge is 2.58. The van der Waals surface area contributed by atoms with Crippen molar-refractivity contribution in [2.24, 2.45) is 0 Å². The Morgan fingerprint density at radius 3 is 2.62 bits per heavy atom. The van der Waals surface area contributed by atoms with Crippen LogP contribution in [0.15, 0.2) is 42.5 Å². The van der Waals surface area contributed by atoms with Crippen LogP contribution in [0.2, 0.25) is 0 Å². The minimum absolute atomic E-state index is 0.122. The van der Waals surface area contributed by atoms with Crippen molar-refractivity contribution >= 4 is 5.91 Å². The van der Waals surface area contributed by atoms with Crippen molar-refractivity contribution in [1.29, 1.82) is 0 Å². The number of aryl methyl sites for hydroxylation is 1. The molecule has 8 nitrogen and oxygen atoms in total. The van der Waals surface area contributed by atoms with E-state index >= 15 is 0 Å². The largest absolute Gasteiger partial charge is 0.379 e. The lowest BCUT2D eigenvalue weighted by Gasteiger charge is -2.44. The van der Waals surface area contributed by atoms with E-state index in [9.17, 15) is 13.6 Å². The van der Waals surface area contributed by atoms with Crippen LogP contribution in [0.4, 0.5) is 8.78 Å². The van der Waals surface area contributed by atoms with Gasteiger partial charge in [0.05, 0.1) is 38.6 Å². The molecule has 2 aromatic rings. The number of nitrogens with zero attached hydrogens (tertiary/aromatic N) is 1. The van der Waals surface area contributed by atoms with Gasteiger partial charge in [-0.15, -0.1) is 0 Å². The molecule has 212 valence electrons. The molecule has 3 aliphatic rings. The lowest BCUT2D eigenvalue weighted by molar-refractivity contribution is -0.187. The Labute approximate surface area is 227 Å². The third kappa shape index (κ3) is 6.65. The van der Waals surface area contributed by atoms with Crippen molar-refractivity contribution < 1.29 is 37.3 Å². The number of nitrogens with one attached hydrogen (secondary N) is 1. The molecule has 1 aliphatic carbocycles. The molecule has 0 radical (unpaired) electrons. The minimum Gasteiger partial charge on any atom is -0.379 e. The molecule has 2 heterocycles. The summed E-state index contributed by atoms with van der Waals surface area (Å²) in [6.45, 7) is 7.85. The zero-order chi connectivity index (χ0) is 27.6. The summed E-state index contributed by atoms with van der Waals surface area (Å²) in [6.07, 6.45) is -1.21. The van der Waals surface area contributed by atoms with Crippen LogP contribution in [0.1, 0.15) is 43.4 Å². The van der Waals surface area contributed by atoms with Crippen LogP contribution >= 0.6 is 0 Å². The Balaban J connectivity index is 1.42. The minimum atomic E-state index is -1.31. The fraction of sp³-hybridized carbons (Fsp3) is 0.552.